The molecule has 84 valence electrons. The standard InChI is InChI=1S/C12H12BrNO2/c13-10-4-1-5-11(7-10)16-12(15)9-3-2-6-14-8-9/h1,3-5,7,14H,2,6,8H2. The van der Waals surface area contributed by atoms with Crippen LogP contribution in [0, 0.1) is 0 Å². The molecule has 0 bridgehead atoms. The highest BCUT2D eigenvalue weighted by atomic mass is 79.9. The SMILES string of the molecule is O=C(Oc1cccc(Br)c1)C1=CCCNC1. The molecule has 3 nitrogen and oxygen atoms in total. The third-order valence-corrected chi connectivity index (χ3v) is 2.79. The third kappa shape index (κ3) is 2.93. The van der Waals surface area contributed by atoms with Crippen molar-refractivity contribution in [3.63, 3.8) is 0 Å². The summed E-state index contributed by atoms with van der Waals surface area (Å²) in [6.07, 6.45) is 2.81. The van der Waals surface area contributed by atoms with E-state index in [-0.39, 0.29) is 5.97 Å². The summed E-state index contributed by atoms with van der Waals surface area (Å²) in [4.78, 5) is 11.7. The van der Waals surface area contributed by atoms with E-state index in [1.807, 2.05) is 18.2 Å². The maximum absolute atomic E-state index is 11.7. The van der Waals surface area contributed by atoms with Gasteiger partial charge in [-0.15, -0.1) is 0 Å². The molecule has 0 saturated heterocycles. The first kappa shape index (κ1) is 11.4. The van der Waals surface area contributed by atoms with Crippen LogP contribution in [0.3, 0.4) is 0 Å². The highest BCUT2D eigenvalue weighted by Crippen LogP contribution is 2.19. The molecule has 0 aliphatic carbocycles. The van der Waals surface area contributed by atoms with Crippen molar-refractivity contribution in [1.82, 2.24) is 5.32 Å². The zero-order chi connectivity index (χ0) is 11.4. The summed E-state index contributed by atoms with van der Waals surface area (Å²) in [7, 11) is 0. The molecule has 1 heterocycles. The van der Waals surface area contributed by atoms with Crippen molar-refractivity contribution in [1.29, 1.82) is 0 Å². The van der Waals surface area contributed by atoms with Crippen molar-refractivity contribution in [2.45, 2.75) is 6.42 Å². The highest BCUT2D eigenvalue weighted by Gasteiger charge is 2.13. The molecule has 0 radical (unpaired) electrons. The minimum absolute atomic E-state index is 0.273. The molecule has 0 saturated carbocycles. The molecule has 1 N–H and O–H groups in total. The second-order valence-corrected chi connectivity index (χ2v) is 4.46. The Balaban J connectivity index is 2.04. The fraction of sp³-hybridized carbons (Fsp3) is 0.250. The van der Waals surface area contributed by atoms with E-state index < -0.39 is 0 Å². The molecule has 0 amide bonds. The normalized spacial score (nSPS) is 15.4. The van der Waals surface area contributed by atoms with Crippen LogP contribution in [-0.2, 0) is 4.79 Å². The molecule has 4 heteroatoms. The van der Waals surface area contributed by atoms with Crippen molar-refractivity contribution < 1.29 is 9.53 Å². The maximum atomic E-state index is 11.7. The van der Waals surface area contributed by atoms with Crippen molar-refractivity contribution in [3.8, 4) is 5.75 Å². The molecule has 0 fully saturated rings. The van der Waals surface area contributed by atoms with Crippen LogP contribution in [-0.4, -0.2) is 19.1 Å². The second-order valence-electron chi connectivity index (χ2n) is 3.54. The summed E-state index contributed by atoms with van der Waals surface area (Å²) in [5.74, 6) is 0.288. The van der Waals surface area contributed by atoms with Crippen LogP contribution in [0.25, 0.3) is 0 Å². The Kier molecular flexibility index (Phi) is 3.74. The Morgan fingerprint density at radius 2 is 2.31 bits per heavy atom. The van der Waals surface area contributed by atoms with Crippen LogP contribution in [0.4, 0.5) is 0 Å². The Morgan fingerprint density at radius 1 is 1.44 bits per heavy atom. The van der Waals surface area contributed by atoms with E-state index in [1.54, 1.807) is 12.1 Å². The first-order chi connectivity index (χ1) is 7.75. The average molecular weight is 282 g/mol. The van der Waals surface area contributed by atoms with E-state index >= 15 is 0 Å². The van der Waals surface area contributed by atoms with Gasteiger partial charge in [-0.05, 0) is 31.2 Å². The summed E-state index contributed by atoms with van der Waals surface area (Å²) in [5.41, 5.74) is 0.700. The number of halogens is 1. The predicted molar refractivity (Wildman–Crippen MR) is 65.3 cm³/mol. The average Bonchev–Trinajstić information content (AvgIpc) is 2.30. The monoisotopic (exact) mass is 281 g/mol. The van der Waals surface area contributed by atoms with Gasteiger partial charge in [0.05, 0.1) is 0 Å². The van der Waals surface area contributed by atoms with Gasteiger partial charge in [0.1, 0.15) is 5.75 Å². The van der Waals surface area contributed by atoms with Gasteiger partial charge in [0.15, 0.2) is 0 Å². The number of hydrogen-bond donors (Lipinski definition) is 1. The highest BCUT2D eigenvalue weighted by molar-refractivity contribution is 9.10. The number of ether oxygens (including phenoxy) is 1. The van der Waals surface area contributed by atoms with E-state index in [9.17, 15) is 4.79 Å². The van der Waals surface area contributed by atoms with Gasteiger partial charge in [-0.3, -0.25) is 0 Å². The number of carbonyl (C=O) groups is 1. The zero-order valence-electron chi connectivity index (χ0n) is 8.70. The number of rotatable bonds is 2. The second kappa shape index (κ2) is 5.27. The quantitative estimate of drug-likeness (QED) is 0.668. The van der Waals surface area contributed by atoms with Crippen molar-refractivity contribution in [3.05, 3.63) is 40.4 Å². The molecule has 0 atom stereocenters. The van der Waals surface area contributed by atoms with Gasteiger partial charge in [0.2, 0.25) is 0 Å². The molecule has 1 aromatic carbocycles. The first-order valence-electron chi connectivity index (χ1n) is 5.13. The fourth-order valence-electron chi connectivity index (χ4n) is 1.50. The maximum Gasteiger partial charge on any atom is 0.340 e. The molecule has 1 aliphatic rings. The van der Waals surface area contributed by atoms with Crippen molar-refractivity contribution >= 4 is 21.9 Å². The van der Waals surface area contributed by atoms with E-state index in [2.05, 4.69) is 21.2 Å². The summed E-state index contributed by atoms with van der Waals surface area (Å²) >= 11 is 3.33. The summed E-state index contributed by atoms with van der Waals surface area (Å²) < 4.78 is 6.15. The molecule has 0 unspecified atom stereocenters. The Bertz CT molecular complexity index is 429. The van der Waals surface area contributed by atoms with E-state index in [0.29, 0.717) is 17.9 Å². The van der Waals surface area contributed by atoms with Crippen LogP contribution >= 0.6 is 15.9 Å². The zero-order valence-corrected chi connectivity index (χ0v) is 10.3. The van der Waals surface area contributed by atoms with Crippen LogP contribution in [0.5, 0.6) is 5.75 Å². The predicted octanol–water partition coefficient (Wildman–Crippen LogP) is 2.27. The third-order valence-electron chi connectivity index (χ3n) is 2.30. The summed E-state index contributed by atoms with van der Waals surface area (Å²) in [6.45, 7) is 1.51. The molecule has 2 rings (SSSR count). The number of carbonyl (C=O) groups excluding carboxylic acids is 1. The van der Waals surface area contributed by atoms with Gasteiger partial charge in [-0.25, -0.2) is 4.79 Å². The first-order valence-corrected chi connectivity index (χ1v) is 5.92. The smallest absolute Gasteiger partial charge is 0.340 e. The Hall–Kier alpha value is -1.13. The van der Waals surface area contributed by atoms with Crippen LogP contribution in [0.2, 0.25) is 0 Å². The molecule has 16 heavy (non-hydrogen) atoms. The number of nitrogens with one attached hydrogen (secondary N) is 1. The van der Waals surface area contributed by atoms with Crippen LogP contribution in [0.1, 0.15) is 6.42 Å². The van der Waals surface area contributed by atoms with Crippen molar-refractivity contribution in [2.24, 2.45) is 0 Å². The van der Waals surface area contributed by atoms with Crippen LogP contribution in [0.15, 0.2) is 40.4 Å². The van der Waals surface area contributed by atoms with E-state index in [0.717, 1.165) is 17.4 Å². The molecular formula is C12H12BrNO2. The molecule has 0 aromatic heterocycles. The van der Waals surface area contributed by atoms with Gasteiger partial charge in [-0.2, -0.15) is 0 Å². The Labute approximate surface area is 103 Å². The van der Waals surface area contributed by atoms with E-state index in [1.165, 1.54) is 0 Å². The molecule has 1 aliphatic heterocycles. The van der Waals surface area contributed by atoms with Gasteiger partial charge < -0.3 is 10.1 Å². The van der Waals surface area contributed by atoms with Gasteiger partial charge in [-0.1, -0.05) is 28.1 Å². The summed E-state index contributed by atoms with van der Waals surface area (Å²) in [6, 6.07) is 7.26. The van der Waals surface area contributed by atoms with Crippen LogP contribution < -0.4 is 10.1 Å². The lowest BCUT2D eigenvalue weighted by Crippen LogP contribution is -2.28. The fourth-order valence-corrected chi connectivity index (χ4v) is 1.88. The minimum Gasteiger partial charge on any atom is -0.423 e. The lowest BCUT2D eigenvalue weighted by molar-refractivity contribution is -0.130. The number of benzene rings is 1. The topological polar surface area (TPSA) is 38.3 Å². The number of hydrogen-bond acceptors (Lipinski definition) is 3. The Morgan fingerprint density at radius 3 is 3.00 bits per heavy atom. The van der Waals surface area contributed by atoms with Crippen molar-refractivity contribution in [2.75, 3.05) is 13.1 Å². The van der Waals surface area contributed by atoms with Gasteiger partial charge >= 0.3 is 5.97 Å². The molecular weight excluding hydrogens is 270 g/mol. The largest absolute Gasteiger partial charge is 0.423 e. The van der Waals surface area contributed by atoms with Gasteiger partial charge in [0, 0.05) is 16.6 Å². The number of esters is 1. The van der Waals surface area contributed by atoms with E-state index in [4.69, 9.17) is 4.74 Å². The summed E-state index contributed by atoms with van der Waals surface area (Å²) in [5, 5.41) is 3.13. The molecule has 0 spiro atoms. The minimum atomic E-state index is -0.273. The molecule has 1 aromatic rings. The lowest BCUT2D eigenvalue weighted by Gasteiger charge is -2.13. The lowest BCUT2D eigenvalue weighted by atomic mass is 10.1. The van der Waals surface area contributed by atoms with Gasteiger partial charge in [0.25, 0.3) is 0 Å².